The van der Waals surface area contributed by atoms with Crippen molar-refractivity contribution in [3.63, 3.8) is 0 Å². The molecule has 1 aromatic carbocycles. The maximum absolute atomic E-state index is 8.95. The van der Waals surface area contributed by atoms with E-state index in [0.29, 0.717) is 11.4 Å². The second-order valence-corrected chi connectivity index (χ2v) is 4.37. The van der Waals surface area contributed by atoms with Gasteiger partial charge < -0.3 is 10.9 Å². The van der Waals surface area contributed by atoms with Crippen LogP contribution in [-0.2, 0) is 0 Å². The first-order valence-electron chi connectivity index (χ1n) is 6.08. The first-order chi connectivity index (χ1) is 9.70. The van der Waals surface area contributed by atoms with Gasteiger partial charge in [0.15, 0.2) is 5.84 Å². The van der Waals surface area contributed by atoms with Gasteiger partial charge >= 0.3 is 0 Å². The standard InChI is InChI=1S/C14H13N5O/c1-9-16-6-7-19(9)13-8-11(14(15)18-20)10-4-2-3-5-12(10)17-13/h2-8,20H,1H3,(H2,15,18). The normalized spacial score (nSPS) is 11.9. The molecule has 0 unspecified atom stereocenters. The minimum Gasteiger partial charge on any atom is -0.409 e. The summed E-state index contributed by atoms with van der Waals surface area (Å²) >= 11 is 0. The van der Waals surface area contributed by atoms with Gasteiger partial charge in [-0.3, -0.25) is 4.57 Å². The van der Waals surface area contributed by atoms with Crippen molar-refractivity contribution < 1.29 is 5.21 Å². The first-order valence-corrected chi connectivity index (χ1v) is 6.08. The van der Waals surface area contributed by atoms with Gasteiger partial charge in [-0.05, 0) is 19.1 Å². The first kappa shape index (κ1) is 12.2. The molecule has 100 valence electrons. The predicted molar refractivity (Wildman–Crippen MR) is 76.1 cm³/mol. The number of nitrogens with zero attached hydrogens (tertiary/aromatic N) is 4. The third-order valence-corrected chi connectivity index (χ3v) is 3.16. The summed E-state index contributed by atoms with van der Waals surface area (Å²) in [7, 11) is 0. The summed E-state index contributed by atoms with van der Waals surface area (Å²) in [5.41, 5.74) is 7.19. The van der Waals surface area contributed by atoms with Crippen molar-refractivity contribution in [2.75, 3.05) is 0 Å². The van der Waals surface area contributed by atoms with Gasteiger partial charge in [-0.15, -0.1) is 0 Å². The number of hydrogen-bond acceptors (Lipinski definition) is 4. The summed E-state index contributed by atoms with van der Waals surface area (Å²) in [5, 5.41) is 12.9. The van der Waals surface area contributed by atoms with Crippen LogP contribution in [0.5, 0.6) is 0 Å². The molecular formula is C14H13N5O. The fourth-order valence-electron chi connectivity index (χ4n) is 2.17. The van der Waals surface area contributed by atoms with E-state index in [1.54, 1.807) is 12.3 Å². The highest BCUT2D eigenvalue weighted by Crippen LogP contribution is 2.20. The molecular weight excluding hydrogens is 254 g/mol. The number of hydrogen-bond donors (Lipinski definition) is 2. The molecule has 0 bridgehead atoms. The minimum atomic E-state index is 0.0580. The van der Waals surface area contributed by atoms with Gasteiger partial charge in [-0.2, -0.15) is 0 Å². The largest absolute Gasteiger partial charge is 0.409 e. The average molecular weight is 267 g/mol. The van der Waals surface area contributed by atoms with E-state index in [-0.39, 0.29) is 5.84 Å². The lowest BCUT2D eigenvalue weighted by Gasteiger charge is -2.10. The van der Waals surface area contributed by atoms with Gasteiger partial charge in [-0.25, -0.2) is 9.97 Å². The van der Waals surface area contributed by atoms with Crippen molar-refractivity contribution in [3.8, 4) is 5.82 Å². The van der Waals surface area contributed by atoms with Gasteiger partial charge in [0.1, 0.15) is 11.6 Å². The van der Waals surface area contributed by atoms with Crippen LogP contribution < -0.4 is 5.73 Å². The number of rotatable bonds is 2. The van der Waals surface area contributed by atoms with Crippen molar-refractivity contribution in [2.45, 2.75) is 6.92 Å². The molecule has 20 heavy (non-hydrogen) atoms. The van der Waals surface area contributed by atoms with E-state index < -0.39 is 0 Å². The van der Waals surface area contributed by atoms with Crippen LogP contribution in [0.3, 0.4) is 0 Å². The molecule has 0 saturated heterocycles. The third kappa shape index (κ3) is 1.87. The number of nitrogens with two attached hydrogens (primary N) is 1. The number of aromatic nitrogens is 3. The Labute approximate surface area is 115 Å². The number of pyridine rings is 1. The Balaban J connectivity index is 2.34. The fraction of sp³-hybridized carbons (Fsp3) is 0.0714. The molecule has 3 aromatic rings. The smallest absolute Gasteiger partial charge is 0.170 e. The predicted octanol–water partition coefficient (Wildman–Crippen LogP) is 1.82. The Morgan fingerprint density at radius 1 is 1.35 bits per heavy atom. The van der Waals surface area contributed by atoms with E-state index >= 15 is 0 Å². The monoisotopic (exact) mass is 267 g/mol. The van der Waals surface area contributed by atoms with Crippen LogP contribution in [0.25, 0.3) is 16.7 Å². The van der Waals surface area contributed by atoms with E-state index in [2.05, 4.69) is 15.1 Å². The number of aryl methyl sites for hydroxylation is 1. The molecule has 3 rings (SSSR count). The summed E-state index contributed by atoms with van der Waals surface area (Å²) in [6.45, 7) is 1.89. The molecule has 6 heteroatoms. The summed E-state index contributed by atoms with van der Waals surface area (Å²) in [5.74, 6) is 1.56. The van der Waals surface area contributed by atoms with Gasteiger partial charge in [0.25, 0.3) is 0 Å². The van der Waals surface area contributed by atoms with E-state index in [1.807, 2.05) is 42.0 Å². The van der Waals surface area contributed by atoms with Crippen molar-refractivity contribution in [1.29, 1.82) is 0 Å². The highest BCUT2D eigenvalue weighted by atomic mass is 16.4. The van der Waals surface area contributed by atoms with Crippen LogP contribution in [-0.4, -0.2) is 25.6 Å². The van der Waals surface area contributed by atoms with Crippen LogP contribution in [0.1, 0.15) is 11.4 Å². The second kappa shape index (κ2) is 4.65. The molecule has 0 spiro atoms. The van der Waals surface area contributed by atoms with Crippen molar-refractivity contribution in [2.24, 2.45) is 10.9 Å². The molecule has 0 fully saturated rings. The molecule has 0 amide bonds. The van der Waals surface area contributed by atoms with E-state index in [4.69, 9.17) is 10.9 Å². The van der Waals surface area contributed by atoms with Crippen LogP contribution in [0.15, 0.2) is 47.9 Å². The molecule has 2 aromatic heterocycles. The number of fused-ring (bicyclic) bond motifs is 1. The number of amidine groups is 1. The zero-order valence-electron chi connectivity index (χ0n) is 10.9. The molecule has 0 aliphatic heterocycles. The second-order valence-electron chi connectivity index (χ2n) is 4.37. The van der Waals surface area contributed by atoms with Crippen LogP contribution >= 0.6 is 0 Å². The highest BCUT2D eigenvalue weighted by Gasteiger charge is 2.11. The topological polar surface area (TPSA) is 89.3 Å². The van der Waals surface area contributed by atoms with E-state index in [1.165, 1.54) is 0 Å². The van der Waals surface area contributed by atoms with Gasteiger partial charge in [0, 0.05) is 23.3 Å². The van der Waals surface area contributed by atoms with E-state index in [0.717, 1.165) is 16.7 Å². The van der Waals surface area contributed by atoms with E-state index in [9.17, 15) is 0 Å². The molecule has 0 saturated carbocycles. The van der Waals surface area contributed by atoms with Gasteiger partial charge in [0.05, 0.1) is 5.52 Å². The van der Waals surface area contributed by atoms with Gasteiger partial charge in [0.2, 0.25) is 0 Å². The summed E-state index contributed by atoms with van der Waals surface area (Å²) in [4.78, 5) is 8.77. The lowest BCUT2D eigenvalue weighted by Crippen LogP contribution is -2.15. The molecule has 6 nitrogen and oxygen atoms in total. The Hall–Kier alpha value is -2.89. The number of benzene rings is 1. The third-order valence-electron chi connectivity index (χ3n) is 3.16. The average Bonchev–Trinajstić information content (AvgIpc) is 2.91. The maximum atomic E-state index is 8.95. The van der Waals surface area contributed by atoms with Crippen molar-refractivity contribution in [1.82, 2.24) is 14.5 Å². The fourth-order valence-corrected chi connectivity index (χ4v) is 2.17. The van der Waals surface area contributed by atoms with Crippen LogP contribution in [0.2, 0.25) is 0 Å². The van der Waals surface area contributed by atoms with Gasteiger partial charge in [-0.1, -0.05) is 23.4 Å². The molecule has 0 aliphatic carbocycles. The summed E-state index contributed by atoms with van der Waals surface area (Å²) in [6.07, 6.45) is 3.53. The maximum Gasteiger partial charge on any atom is 0.170 e. The molecule has 3 N–H and O–H groups in total. The molecule has 0 aliphatic rings. The Morgan fingerprint density at radius 2 is 2.15 bits per heavy atom. The number of imidazole rings is 1. The van der Waals surface area contributed by atoms with Crippen LogP contribution in [0.4, 0.5) is 0 Å². The summed E-state index contributed by atoms with van der Waals surface area (Å²) < 4.78 is 1.85. The molecule has 0 atom stereocenters. The zero-order valence-corrected chi connectivity index (χ0v) is 10.9. The zero-order chi connectivity index (χ0) is 14.1. The number of para-hydroxylation sites is 1. The molecule has 2 heterocycles. The Morgan fingerprint density at radius 3 is 2.85 bits per heavy atom. The Kier molecular flexibility index (Phi) is 2.83. The lowest BCUT2D eigenvalue weighted by molar-refractivity contribution is 0.318. The SMILES string of the molecule is Cc1nccn1-c1cc(C(N)=NO)c2ccccc2n1. The lowest BCUT2D eigenvalue weighted by atomic mass is 10.1. The minimum absolute atomic E-state index is 0.0580. The summed E-state index contributed by atoms with van der Waals surface area (Å²) in [6, 6.07) is 9.35. The quantitative estimate of drug-likeness (QED) is 0.321. The van der Waals surface area contributed by atoms with Crippen molar-refractivity contribution in [3.05, 3.63) is 54.1 Å². The van der Waals surface area contributed by atoms with Crippen molar-refractivity contribution >= 4 is 16.7 Å². The number of oxime groups is 1. The van der Waals surface area contributed by atoms with Crippen LogP contribution in [0, 0.1) is 6.92 Å². The highest BCUT2D eigenvalue weighted by molar-refractivity contribution is 6.08. The molecule has 0 radical (unpaired) electrons. The Bertz CT molecular complexity index is 806.